The van der Waals surface area contributed by atoms with Crippen LogP contribution in [0.1, 0.15) is 150 Å². The predicted molar refractivity (Wildman–Crippen MR) is 329 cm³/mol. The van der Waals surface area contributed by atoms with E-state index in [-0.39, 0.29) is 44.3 Å². The summed E-state index contributed by atoms with van der Waals surface area (Å²) >= 11 is 0. The van der Waals surface area contributed by atoms with Crippen molar-refractivity contribution in [3.8, 4) is 22.9 Å². The average molecular weight is 1190 g/mol. The number of amides is 7. The van der Waals surface area contributed by atoms with Gasteiger partial charge in [0, 0.05) is 62.1 Å². The summed E-state index contributed by atoms with van der Waals surface area (Å²) in [5.41, 5.74) is 19.3. The Morgan fingerprint density at radius 2 is 1.46 bits per heavy atom. The monoisotopic (exact) mass is 1190 g/mol. The van der Waals surface area contributed by atoms with Gasteiger partial charge in [-0.2, -0.15) is 5.26 Å². The van der Waals surface area contributed by atoms with E-state index in [1.807, 2.05) is 77.6 Å². The number of likely N-dealkylation sites (tertiary alicyclic amines) is 2. The first-order chi connectivity index (χ1) is 40.5. The predicted octanol–water partition coefficient (Wildman–Crippen LogP) is 8.61. The zero-order valence-electron chi connectivity index (χ0n) is 51.6. The largest absolute Gasteiger partial charge is 0.482 e. The van der Waals surface area contributed by atoms with E-state index < -0.39 is 49.3 Å². The number of nitrogens with one attached hydrogen (secondary N) is 3. The molecule has 0 spiro atoms. The van der Waals surface area contributed by atoms with Gasteiger partial charge in [-0.05, 0) is 96.7 Å². The van der Waals surface area contributed by atoms with Crippen LogP contribution in [-0.4, -0.2) is 126 Å². The normalized spacial score (nSPS) is 13.4. The number of rotatable bonds is 20. The quantitative estimate of drug-likeness (QED) is 0.0178. The summed E-state index contributed by atoms with van der Waals surface area (Å²) in [6.45, 7) is 24.3. The molecule has 0 saturated carbocycles. The van der Waals surface area contributed by atoms with E-state index in [0.29, 0.717) is 78.8 Å². The van der Waals surface area contributed by atoms with Crippen molar-refractivity contribution >= 4 is 66.3 Å². The number of nitrogens with two attached hydrogens (primary N) is 3. The highest BCUT2D eigenvalue weighted by Crippen LogP contribution is 2.32. The van der Waals surface area contributed by atoms with E-state index in [1.54, 1.807) is 48.5 Å². The fourth-order valence-electron chi connectivity index (χ4n) is 7.48. The first-order valence-electron chi connectivity index (χ1n) is 28.8. The SMILES string of the molecule is CC.CC.CC(C)C(C)C(=O)N1CCCC1.CC(C)CC(N)=O.CCCC.N#CC1CC(F)(F)CN1C(=O)CNC(=O)c1ccnc2ccc(-c3ccc(OCN)cc3)cc12.NC(=O)NCCCCC(=O)Nc1ccc(COC=O)cc1.O[B]O. The number of halogens is 2. The molecule has 1 radical (unpaired) electrons. The zero-order valence-corrected chi connectivity index (χ0v) is 51.6. The Labute approximate surface area is 502 Å². The van der Waals surface area contributed by atoms with Crippen LogP contribution in [0.2, 0.25) is 0 Å². The molecule has 2 fully saturated rings. The van der Waals surface area contributed by atoms with Crippen molar-refractivity contribution in [2.45, 2.75) is 153 Å². The van der Waals surface area contributed by atoms with E-state index in [1.165, 1.54) is 37.9 Å². The third-order valence-corrected chi connectivity index (χ3v) is 12.2. The van der Waals surface area contributed by atoms with Crippen molar-refractivity contribution in [1.82, 2.24) is 25.4 Å². The molecule has 11 N–H and O–H groups in total. The van der Waals surface area contributed by atoms with Gasteiger partial charge in [0.2, 0.25) is 23.6 Å². The number of ether oxygens (including phenoxy) is 2. The van der Waals surface area contributed by atoms with Crippen molar-refractivity contribution in [2.75, 3.05) is 44.8 Å². The summed E-state index contributed by atoms with van der Waals surface area (Å²) in [5, 5.41) is 31.3. The van der Waals surface area contributed by atoms with E-state index >= 15 is 0 Å². The number of primary amides is 2. The molecule has 7 amide bonds. The number of benzene rings is 3. The fraction of sp³-hybridized carbons (Fsp3) is 0.525. The van der Waals surface area contributed by atoms with Crippen molar-refractivity contribution in [3.05, 3.63) is 90.1 Å². The Hall–Kier alpha value is -7.75. The molecule has 85 heavy (non-hydrogen) atoms. The topological polar surface area (TPSA) is 336 Å². The standard InChI is InChI=1S/C24H21F2N5O3.C14H19N3O4.C10H19NO.C5H11NO.C4H10.2C2H6.BH2O2/c25-24(26)10-17(11-27)31(13-24)22(32)12-30-23(33)19-7-8-29-21-6-3-16(9-20(19)21)15-1-4-18(5-2-15)34-14-28;15-14(20)16-8-2-1-3-13(19)17-12-6-4-11(5-7-12)9-21-10-18;1-8(2)9(3)10(12)11-6-4-5-7-11;1-4(2)3-5(6)7;1-3-4-2;2*1-2;2-1-3/h1-9,17H,10,12-14,28H2,(H,30,33);4-7,10H,1-3,8-9H2,(H,17,19)(H3,15,16,20);8-9H,4-7H2,1-3H3;4H,3H2,1-2H3,(H2,6,7);3-4H2,1-2H3;2*1-2H3;2-3H. The third-order valence-electron chi connectivity index (χ3n) is 12.2. The van der Waals surface area contributed by atoms with Gasteiger partial charge in [0.25, 0.3) is 18.3 Å². The van der Waals surface area contributed by atoms with Crippen LogP contribution in [0.5, 0.6) is 5.75 Å². The number of alkyl halides is 2. The molecule has 4 aromatic rings. The summed E-state index contributed by atoms with van der Waals surface area (Å²) in [5.74, 6) is -2.66. The highest BCUT2D eigenvalue weighted by Gasteiger charge is 2.47. The Morgan fingerprint density at radius 3 is 1.95 bits per heavy atom. The van der Waals surface area contributed by atoms with Gasteiger partial charge in [0.05, 0.1) is 30.2 Å². The molecule has 2 atom stereocenters. The number of nitrogens with zero attached hydrogens (tertiary/aromatic N) is 4. The minimum absolute atomic E-state index is 0. The molecule has 2 aliphatic heterocycles. The number of anilines is 1. The Morgan fingerprint density at radius 1 is 0.871 bits per heavy atom. The maximum atomic E-state index is 13.6. The number of nitriles is 1. The van der Waals surface area contributed by atoms with Crippen LogP contribution >= 0.6 is 0 Å². The van der Waals surface area contributed by atoms with Crippen LogP contribution in [0.4, 0.5) is 19.3 Å². The Balaban J connectivity index is 0. The molecule has 2 unspecified atom stereocenters. The van der Waals surface area contributed by atoms with E-state index in [0.717, 1.165) is 34.7 Å². The number of hydrogen-bond acceptors (Lipinski definition) is 14. The number of pyridine rings is 1. The summed E-state index contributed by atoms with van der Waals surface area (Å²) in [6.07, 6.45) is 8.02. The number of aromatic nitrogens is 1. The van der Waals surface area contributed by atoms with Crippen LogP contribution in [0.25, 0.3) is 22.0 Å². The first kappa shape index (κ1) is 79.3. The zero-order chi connectivity index (χ0) is 64.9. The lowest BCUT2D eigenvalue weighted by Crippen LogP contribution is -2.43. The van der Waals surface area contributed by atoms with Gasteiger partial charge >= 0.3 is 13.7 Å². The lowest BCUT2D eigenvalue weighted by atomic mass is 9.97. The fourth-order valence-corrected chi connectivity index (χ4v) is 7.48. The number of carbonyl (C=O) groups is 7. The summed E-state index contributed by atoms with van der Waals surface area (Å²) in [6, 6.07) is 21.2. The van der Waals surface area contributed by atoms with Crippen molar-refractivity contribution in [3.63, 3.8) is 0 Å². The molecule has 471 valence electrons. The second-order valence-corrected chi connectivity index (χ2v) is 19.5. The summed E-state index contributed by atoms with van der Waals surface area (Å²) in [7, 11) is 0. The smallest absolute Gasteiger partial charge is 0.479 e. The van der Waals surface area contributed by atoms with Gasteiger partial charge in [0.1, 0.15) is 25.1 Å². The molecule has 1 aromatic heterocycles. The van der Waals surface area contributed by atoms with Crippen molar-refractivity contribution in [2.24, 2.45) is 35.0 Å². The van der Waals surface area contributed by atoms with Crippen molar-refractivity contribution in [1.29, 1.82) is 5.26 Å². The van der Waals surface area contributed by atoms with Crippen LogP contribution in [0, 0.1) is 29.1 Å². The van der Waals surface area contributed by atoms with Crippen molar-refractivity contribution < 1.29 is 61.9 Å². The molecule has 3 heterocycles. The van der Waals surface area contributed by atoms with Crippen LogP contribution in [0.15, 0.2) is 79.0 Å². The highest BCUT2D eigenvalue weighted by molar-refractivity contribution is 6.13. The average Bonchev–Trinajstić information content (AvgIpc) is 4.20. The number of urea groups is 1. The Kier molecular flexibility index (Phi) is 43.5. The highest BCUT2D eigenvalue weighted by atomic mass is 19.3. The summed E-state index contributed by atoms with van der Waals surface area (Å²) in [4.78, 5) is 86.3. The second-order valence-electron chi connectivity index (χ2n) is 19.5. The molecule has 21 nitrogen and oxygen atoms in total. The van der Waals surface area contributed by atoms with E-state index in [2.05, 4.69) is 53.4 Å². The molecule has 3 aromatic carbocycles. The molecule has 0 aliphatic carbocycles. The van der Waals surface area contributed by atoms with Gasteiger partial charge in [-0.15, -0.1) is 0 Å². The lowest BCUT2D eigenvalue weighted by molar-refractivity contribution is -0.135. The maximum absolute atomic E-state index is 13.6. The van der Waals surface area contributed by atoms with Crippen LogP contribution < -0.4 is 37.9 Å². The second kappa shape index (κ2) is 46.6. The third kappa shape index (κ3) is 34.0. The first-order valence-corrected chi connectivity index (χ1v) is 28.8. The maximum Gasteiger partial charge on any atom is 0.482 e. The van der Waals surface area contributed by atoms with Gasteiger partial charge in [-0.1, -0.05) is 119 Å². The lowest BCUT2D eigenvalue weighted by Gasteiger charge is -2.22. The minimum atomic E-state index is -3.12. The molecule has 6 rings (SSSR count). The van der Waals surface area contributed by atoms with Gasteiger partial charge in [-0.25, -0.2) is 13.6 Å². The van der Waals surface area contributed by atoms with Gasteiger partial charge in [-0.3, -0.25) is 39.5 Å². The number of unbranched alkanes of at least 4 members (excludes halogenated alkanes) is 2. The summed E-state index contributed by atoms with van der Waals surface area (Å²) < 4.78 is 37.1. The van der Waals surface area contributed by atoms with Crippen LogP contribution in [-0.2, 0) is 35.3 Å². The Bertz CT molecular complexity index is 2580. The van der Waals surface area contributed by atoms with Crippen LogP contribution in [0.3, 0.4) is 0 Å². The van der Waals surface area contributed by atoms with E-state index in [4.69, 9.17) is 37.2 Å². The molecule has 2 saturated heterocycles. The van der Waals surface area contributed by atoms with Gasteiger partial charge in [0.15, 0.2) is 0 Å². The molecular weight excluding hydrogens is 1100 g/mol. The molecule has 2 aliphatic rings. The molecule has 24 heteroatoms. The van der Waals surface area contributed by atoms with E-state index in [9.17, 15) is 42.3 Å². The molecule has 0 bridgehead atoms. The van der Waals surface area contributed by atoms with Gasteiger partial charge < -0.3 is 56.7 Å². The minimum Gasteiger partial charge on any atom is -0.479 e. The molecular formula is C61H94BF2N10O11. The number of hydrogen-bond donors (Lipinski definition) is 8. The number of fused-ring (bicyclic) bond motifs is 1. The number of carbonyl (C=O) groups excluding carboxylic acids is 7.